The van der Waals surface area contributed by atoms with Gasteiger partial charge in [0.15, 0.2) is 0 Å². The van der Waals surface area contributed by atoms with Gasteiger partial charge in [0.25, 0.3) is 0 Å². The SMILES string of the molecule is CC(=O)Nc1ccc(S(=O)(=O)N(C)CC(=O)N(c2ccc3[nH]ccc3c2)C(C)CC(C)C)cc1. The first-order valence-electron chi connectivity index (χ1n) is 11.2. The molecular weight excluding hydrogens is 452 g/mol. The summed E-state index contributed by atoms with van der Waals surface area (Å²) >= 11 is 0. The Bertz CT molecular complexity index is 1270. The van der Waals surface area contributed by atoms with Gasteiger partial charge in [-0.05, 0) is 67.8 Å². The molecule has 1 aromatic heterocycles. The van der Waals surface area contributed by atoms with E-state index in [0.29, 0.717) is 11.6 Å². The fourth-order valence-electron chi connectivity index (χ4n) is 4.07. The van der Waals surface area contributed by atoms with Crippen LogP contribution >= 0.6 is 0 Å². The third-order valence-electron chi connectivity index (χ3n) is 5.58. The van der Waals surface area contributed by atoms with Gasteiger partial charge in [0, 0.05) is 48.5 Å². The van der Waals surface area contributed by atoms with Crippen molar-refractivity contribution in [1.29, 1.82) is 0 Å². The number of H-pyrrole nitrogens is 1. The van der Waals surface area contributed by atoms with Crippen molar-refractivity contribution in [2.45, 2.75) is 45.1 Å². The summed E-state index contributed by atoms with van der Waals surface area (Å²) in [6.45, 7) is 7.24. The van der Waals surface area contributed by atoms with E-state index >= 15 is 0 Å². The van der Waals surface area contributed by atoms with E-state index in [1.54, 1.807) is 4.90 Å². The lowest BCUT2D eigenvalue weighted by Crippen LogP contribution is -2.45. The lowest BCUT2D eigenvalue weighted by atomic mass is 10.0. The van der Waals surface area contributed by atoms with Crippen LogP contribution in [-0.2, 0) is 19.6 Å². The maximum Gasteiger partial charge on any atom is 0.243 e. The highest BCUT2D eigenvalue weighted by atomic mass is 32.2. The molecule has 0 bridgehead atoms. The van der Waals surface area contributed by atoms with E-state index in [-0.39, 0.29) is 29.3 Å². The van der Waals surface area contributed by atoms with E-state index in [4.69, 9.17) is 0 Å². The predicted octanol–water partition coefficient (Wildman–Crippen LogP) is 4.21. The highest BCUT2D eigenvalue weighted by Crippen LogP contribution is 2.26. The number of amides is 2. The van der Waals surface area contributed by atoms with Crippen LogP contribution in [0.15, 0.2) is 59.6 Å². The summed E-state index contributed by atoms with van der Waals surface area (Å²) in [5, 5.41) is 3.59. The fourth-order valence-corrected chi connectivity index (χ4v) is 5.19. The molecule has 9 heteroatoms. The number of carbonyl (C=O) groups is 2. The predicted molar refractivity (Wildman–Crippen MR) is 135 cm³/mol. The van der Waals surface area contributed by atoms with Crippen LogP contribution in [0.1, 0.15) is 34.1 Å². The molecule has 1 heterocycles. The third-order valence-corrected chi connectivity index (χ3v) is 7.40. The van der Waals surface area contributed by atoms with Gasteiger partial charge in [-0.2, -0.15) is 4.31 Å². The number of hydrogen-bond acceptors (Lipinski definition) is 4. The highest BCUT2D eigenvalue weighted by molar-refractivity contribution is 7.89. The summed E-state index contributed by atoms with van der Waals surface area (Å²) in [4.78, 5) is 29.6. The van der Waals surface area contributed by atoms with Crippen molar-refractivity contribution in [3.63, 3.8) is 0 Å². The third kappa shape index (κ3) is 5.84. The molecule has 1 unspecified atom stereocenters. The average Bonchev–Trinajstić information content (AvgIpc) is 3.21. The molecule has 2 amide bonds. The minimum Gasteiger partial charge on any atom is -0.361 e. The number of carbonyl (C=O) groups excluding carboxylic acids is 2. The number of likely N-dealkylation sites (N-methyl/N-ethyl adjacent to an activating group) is 1. The molecule has 0 radical (unpaired) electrons. The number of aromatic amines is 1. The van der Waals surface area contributed by atoms with Crippen molar-refractivity contribution in [1.82, 2.24) is 9.29 Å². The Labute approximate surface area is 201 Å². The molecule has 2 N–H and O–H groups in total. The maximum absolute atomic E-state index is 13.5. The van der Waals surface area contributed by atoms with Crippen LogP contribution in [0.3, 0.4) is 0 Å². The molecule has 3 aromatic rings. The largest absolute Gasteiger partial charge is 0.361 e. The standard InChI is InChI=1S/C25H32N4O4S/c1-17(2)14-18(3)29(22-8-11-24-20(15-22)12-13-26-24)25(31)16-28(5)34(32,33)23-9-6-21(7-10-23)27-19(4)30/h6-13,15,17-18,26H,14,16H2,1-5H3,(H,27,30). The summed E-state index contributed by atoms with van der Waals surface area (Å²) in [5.74, 6) is -0.180. The monoisotopic (exact) mass is 484 g/mol. The second kappa shape index (κ2) is 10.4. The van der Waals surface area contributed by atoms with Gasteiger partial charge in [0.1, 0.15) is 0 Å². The Balaban J connectivity index is 1.85. The zero-order valence-corrected chi connectivity index (χ0v) is 21.0. The van der Waals surface area contributed by atoms with Crippen molar-refractivity contribution in [2.75, 3.05) is 23.8 Å². The van der Waals surface area contributed by atoms with Gasteiger partial charge in [-0.3, -0.25) is 9.59 Å². The Morgan fingerprint density at radius 1 is 1.03 bits per heavy atom. The van der Waals surface area contributed by atoms with Gasteiger partial charge in [0.2, 0.25) is 21.8 Å². The molecule has 2 aromatic carbocycles. The molecule has 0 saturated heterocycles. The number of nitrogens with zero attached hydrogens (tertiary/aromatic N) is 2. The Morgan fingerprint density at radius 3 is 2.32 bits per heavy atom. The van der Waals surface area contributed by atoms with Crippen LogP contribution in [0, 0.1) is 5.92 Å². The van der Waals surface area contributed by atoms with E-state index in [0.717, 1.165) is 27.3 Å². The molecule has 0 aliphatic carbocycles. The normalized spacial score (nSPS) is 12.8. The molecule has 0 fully saturated rings. The summed E-state index contributed by atoms with van der Waals surface area (Å²) in [6.07, 6.45) is 2.62. The molecule has 0 saturated carbocycles. The minimum atomic E-state index is -3.90. The second-order valence-corrected chi connectivity index (χ2v) is 11.0. The number of nitrogens with one attached hydrogen (secondary N) is 2. The quantitative estimate of drug-likeness (QED) is 0.475. The molecule has 34 heavy (non-hydrogen) atoms. The van der Waals surface area contributed by atoms with Crippen LogP contribution in [0.5, 0.6) is 0 Å². The van der Waals surface area contributed by atoms with E-state index < -0.39 is 10.0 Å². The number of rotatable bonds is 9. The summed E-state index contributed by atoms with van der Waals surface area (Å²) < 4.78 is 27.3. The molecule has 1 atom stereocenters. The minimum absolute atomic E-state index is 0.0485. The van der Waals surface area contributed by atoms with Crippen LogP contribution < -0.4 is 10.2 Å². The molecule has 0 spiro atoms. The first-order valence-corrected chi connectivity index (χ1v) is 12.7. The van der Waals surface area contributed by atoms with E-state index in [2.05, 4.69) is 24.1 Å². The van der Waals surface area contributed by atoms with Gasteiger partial charge < -0.3 is 15.2 Å². The molecule has 0 aliphatic heterocycles. The van der Waals surface area contributed by atoms with Gasteiger partial charge in [-0.1, -0.05) is 13.8 Å². The number of fused-ring (bicyclic) bond motifs is 1. The smallest absolute Gasteiger partial charge is 0.243 e. The number of aromatic nitrogens is 1. The average molecular weight is 485 g/mol. The lowest BCUT2D eigenvalue weighted by molar-refractivity contribution is -0.119. The van der Waals surface area contributed by atoms with Gasteiger partial charge in [-0.15, -0.1) is 0 Å². The van der Waals surface area contributed by atoms with Crippen molar-refractivity contribution in [2.24, 2.45) is 5.92 Å². The summed E-state index contributed by atoms with van der Waals surface area (Å²) in [7, 11) is -2.50. The zero-order chi connectivity index (χ0) is 25.0. The highest BCUT2D eigenvalue weighted by Gasteiger charge is 2.29. The van der Waals surface area contributed by atoms with Crippen molar-refractivity contribution in [3.05, 3.63) is 54.7 Å². The summed E-state index contributed by atoms with van der Waals surface area (Å²) in [5.41, 5.74) is 2.20. The topological polar surface area (TPSA) is 103 Å². The Kier molecular flexibility index (Phi) is 7.78. The number of hydrogen-bond donors (Lipinski definition) is 2. The molecule has 3 rings (SSSR count). The van der Waals surface area contributed by atoms with Gasteiger partial charge in [0.05, 0.1) is 11.4 Å². The Morgan fingerprint density at radius 2 is 1.71 bits per heavy atom. The van der Waals surface area contributed by atoms with Crippen LogP contribution in [-0.4, -0.2) is 49.2 Å². The lowest BCUT2D eigenvalue weighted by Gasteiger charge is -2.32. The second-order valence-electron chi connectivity index (χ2n) is 8.96. The first-order chi connectivity index (χ1) is 16.0. The Hall–Kier alpha value is -3.17. The zero-order valence-electron chi connectivity index (χ0n) is 20.2. The van der Waals surface area contributed by atoms with E-state index in [1.165, 1.54) is 38.2 Å². The van der Waals surface area contributed by atoms with Gasteiger partial charge in [-0.25, -0.2) is 8.42 Å². The van der Waals surface area contributed by atoms with Crippen molar-refractivity contribution in [3.8, 4) is 0 Å². The van der Waals surface area contributed by atoms with Crippen molar-refractivity contribution >= 4 is 44.1 Å². The van der Waals surface area contributed by atoms with Gasteiger partial charge >= 0.3 is 0 Å². The molecule has 0 aliphatic rings. The molecular formula is C25H32N4O4S. The number of sulfonamides is 1. The summed E-state index contributed by atoms with van der Waals surface area (Å²) in [6, 6.07) is 13.4. The van der Waals surface area contributed by atoms with Crippen LogP contribution in [0.4, 0.5) is 11.4 Å². The molecule has 182 valence electrons. The maximum atomic E-state index is 13.5. The molecule has 8 nitrogen and oxygen atoms in total. The van der Waals surface area contributed by atoms with E-state index in [1.807, 2.05) is 37.4 Å². The van der Waals surface area contributed by atoms with Crippen LogP contribution in [0.25, 0.3) is 10.9 Å². The first kappa shape index (κ1) is 25.5. The van der Waals surface area contributed by atoms with Crippen molar-refractivity contribution < 1.29 is 18.0 Å². The van der Waals surface area contributed by atoms with Crippen LogP contribution in [0.2, 0.25) is 0 Å². The fraction of sp³-hybridized carbons (Fsp3) is 0.360. The van der Waals surface area contributed by atoms with E-state index in [9.17, 15) is 18.0 Å². The number of anilines is 2. The number of benzene rings is 2.